The third kappa shape index (κ3) is 3.93. The van der Waals surface area contributed by atoms with Crippen molar-refractivity contribution in [2.45, 2.75) is 38.6 Å². The van der Waals surface area contributed by atoms with E-state index >= 15 is 0 Å². The molecule has 1 aromatic rings. The Balaban J connectivity index is 1.71. The minimum Gasteiger partial charge on any atom is -0.381 e. The van der Waals surface area contributed by atoms with Crippen LogP contribution in [-0.4, -0.2) is 70.9 Å². The van der Waals surface area contributed by atoms with Crippen molar-refractivity contribution in [2.24, 2.45) is 7.05 Å². The van der Waals surface area contributed by atoms with Gasteiger partial charge in [-0.05, 0) is 51.8 Å². The molecular weight excluding hydrogens is 292 g/mol. The van der Waals surface area contributed by atoms with Crippen LogP contribution >= 0.6 is 0 Å². The summed E-state index contributed by atoms with van der Waals surface area (Å²) in [6, 6.07) is 2.17. The summed E-state index contributed by atoms with van der Waals surface area (Å²) in [5, 5.41) is 4.39. The standard InChI is InChI=1S/C17H28N4O2/c1-14-13-16(18-19(14)2)17(22)21(15-5-11-23-12-6-15)10-9-20-7-3-4-8-20/h13,15H,3-12H2,1-2H3. The van der Waals surface area contributed by atoms with Crippen LogP contribution in [0, 0.1) is 6.92 Å². The lowest BCUT2D eigenvalue weighted by Crippen LogP contribution is -2.46. The fourth-order valence-corrected chi connectivity index (χ4v) is 3.51. The van der Waals surface area contributed by atoms with E-state index in [2.05, 4.69) is 10.00 Å². The summed E-state index contributed by atoms with van der Waals surface area (Å²) in [5.74, 6) is 0.0693. The highest BCUT2D eigenvalue weighted by Gasteiger charge is 2.28. The first-order valence-electron chi connectivity index (χ1n) is 8.77. The van der Waals surface area contributed by atoms with Gasteiger partial charge in [-0.1, -0.05) is 0 Å². The fourth-order valence-electron chi connectivity index (χ4n) is 3.51. The number of rotatable bonds is 5. The largest absolute Gasteiger partial charge is 0.381 e. The van der Waals surface area contributed by atoms with Crippen LogP contribution in [0.15, 0.2) is 6.07 Å². The van der Waals surface area contributed by atoms with Crippen LogP contribution < -0.4 is 0 Å². The molecule has 0 N–H and O–H groups in total. The zero-order valence-corrected chi connectivity index (χ0v) is 14.3. The zero-order chi connectivity index (χ0) is 16.2. The number of aryl methyl sites for hydroxylation is 2. The lowest BCUT2D eigenvalue weighted by atomic mass is 10.1. The van der Waals surface area contributed by atoms with E-state index in [0.29, 0.717) is 5.69 Å². The fraction of sp³-hybridized carbons (Fsp3) is 0.765. The maximum Gasteiger partial charge on any atom is 0.274 e. The molecule has 6 nitrogen and oxygen atoms in total. The summed E-state index contributed by atoms with van der Waals surface area (Å²) < 4.78 is 7.24. The molecule has 0 unspecified atom stereocenters. The van der Waals surface area contributed by atoms with Crippen molar-refractivity contribution < 1.29 is 9.53 Å². The van der Waals surface area contributed by atoms with Crippen molar-refractivity contribution in [3.05, 3.63) is 17.5 Å². The van der Waals surface area contributed by atoms with Crippen molar-refractivity contribution in [3.8, 4) is 0 Å². The Morgan fingerprint density at radius 2 is 2.04 bits per heavy atom. The van der Waals surface area contributed by atoms with Gasteiger partial charge in [0.15, 0.2) is 5.69 Å². The molecule has 1 aromatic heterocycles. The molecular formula is C17H28N4O2. The van der Waals surface area contributed by atoms with Crippen LogP contribution in [0.4, 0.5) is 0 Å². The molecule has 128 valence electrons. The number of amides is 1. The van der Waals surface area contributed by atoms with E-state index < -0.39 is 0 Å². The predicted molar refractivity (Wildman–Crippen MR) is 88.5 cm³/mol. The highest BCUT2D eigenvalue weighted by molar-refractivity contribution is 5.92. The van der Waals surface area contributed by atoms with Crippen molar-refractivity contribution in [2.75, 3.05) is 39.4 Å². The molecule has 0 spiro atoms. The summed E-state index contributed by atoms with van der Waals surface area (Å²) in [7, 11) is 1.88. The number of carbonyl (C=O) groups is 1. The maximum absolute atomic E-state index is 13.0. The molecule has 0 saturated carbocycles. The van der Waals surface area contributed by atoms with E-state index in [9.17, 15) is 4.79 Å². The van der Waals surface area contributed by atoms with Crippen molar-refractivity contribution >= 4 is 5.91 Å². The smallest absolute Gasteiger partial charge is 0.274 e. The summed E-state index contributed by atoms with van der Waals surface area (Å²) in [5.41, 5.74) is 1.58. The second kappa shape index (κ2) is 7.45. The Kier molecular flexibility index (Phi) is 5.33. The number of likely N-dealkylation sites (tertiary alicyclic amines) is 1. The van der Waals surface area contributed by atoms with Crippen LogP contribution in [0.3, 0.4) is 0 Å². The highest BCUT2D eigenvalue weighted by Crippen LogP contribution is 2.18. The summed E-state index contributed by atoms with van der Waals surface area (Å²) in [6.45, 7) is 7.57. The molecule has 23 heavy (non-hydrogen) atoms. The van der Waals surface area contributed by atoms with Gasteiger partial charge in [0.05, 0.1) is 0 Å². The van der Waals surface area contributed by atoms with Crippen LogP contribution in [0.5, 0.6) is 0 Å². The van der Waals surface area contributed by atoms with Gasteiger partial charge >= 0.3 is 0 Å². The summed E-state index contributed by atoms with van der Waals surface area (Å²) >= 11 is 0. The van der Waals surface area contributed by atoms with Gasteiger partial charge in [0.2, 0.25) is 0 Å². The van der Waals surface area contributed by atoms with E-state index in [0.717, 1.165) is 44.8 Å². The van der Waals surface area contributed by atoms with Crippen molar-refractivity contribution in [1.29, 1.82) is 0 Å². The molecule has 1 amide bonds. The molecule has 2 fully saturated rings. The van der Waals surface area contributed by atoms with Gasteiger partial charge in [-0.25, -0.2) is 0 Å². The van der Waals surface area contributed by atoms with Gasteiger partial charge < -0.3 is 14.5 Å². The molecule has 0 aromatic carbocycles. The topological polar surface area (TPSA) is 50.6 Å². The predicted octanol–water partition coefficient (Wildman–Crippen LogP) is 1.45. The Morgan fingerprint density at radius 3 is 2.65 bits per heavy atom. The van der Waals surface area contributed by atoms with Crippen LogP contribution in [0.25, 0.3) is 0 Å². The average Bonchev–Trinajstić information content (AvgIpc) is 3.19. The third-order valence-corrected chi connectivity index (χ3v) is 5.08. The van der Waals surface area contributed by atoms with Crippen LogP contribution in [0.2, 0.25) is 0 Å². The Bertz CT molecular complexity index is 511. The van der Waals surface area contributed by atoms with E-state index in [4.69, 9.17) is 4.74 Å². The molecule has 2 saturated heterocycles. The number of carbonyl (C=O) groups excluding carboxylic acids is 1. The maximum atomic E-state index is 13.0. The number of ether oxygens (including phenoxy) is 1. The van der Waals surface area contributed by atoms with Crippen molar-refractivity contribution in [3.63, 3.8) is 0 Å². The molecule has 0 atom stereocenters. The Labute approximate surface area is 138 Å². The number of aromatic nitrogens is 2. The summed E-state index contributed by atoms with van der Waals surface area (Å²) in [4.78, 5) is 17.5. The molecule has 2 aliphatic rings. The van der Waals surface area contributed by atoms with Gasteiger partial charge in [0, 0.05) is 45.1 Å². The van der Waals surface area contributed by atoms with Gasteiger partial charge in [0.25, 0.3) is 5.91 Å². The van der Waals surface area contributed by atoms with Crippen LogP contribution in [0.1, 0.15) is 41.9 Å². The first kappa shape index (κ1) is 16.5. The first-order valence-corrected chi connectivity index (χ1v) is 8.77. The third-order valence-electron chi connectivity index (χ3n) is 5.08. The minimum absolute atomic E-state index is 0.0693. The van der Waals surface area contributed by atoms with E-state index in [1.807, 2.05) is 24.9 Å². The second-order valence-electron chi connectivity index (χ2n) is 6.69. The summed E-state index contributed by atoms with van der Waals surface area (Å²) in [6.07, 6.45) is 4.42. The minimum atomic E-state index is 0.0693. The van der Waals surface area contributed by atoms with E-state index in [1.54, 1.807) is 4.68 Å². The molecule has 0 bridgehead atoms. The highest BCUT2D eigenvalue weighted by atomic mass is 16.5. The molecule has 0 radical (unpaired) electrons. The van der Waals surface area contributed by atoms with Gasteiger partial charge in [-0.3, -0.25) is 9.48 Å². The van der Waals surface area contributed by atoms with E-state index in [1.165, 1.54) is 25.9 Å². The number of hydrogen-bond acceptors (Lipinski definition) is 4. The van der Waals surface area contributed by atoms with E-state index in [-0.39, 0.29) is 11.9 Å². The SMILES string of the molecule is Cc1cc(C(=O)N(CCN2CCCC2)C2CCOCC2)nn1C. The number of nitrogens with zero attached hydrogens (tertiary/aromatic N) is 4. The normalized spacial score (nSPS) is 20.1. The Hall–Kier alpha value is -1.40. The average molecular weight is 320 g/mol. The molecule has 3 heterocycles. The van der Waals surface area contributed by atoms with Crippen LogP contribution in [-0.2, 0) is 11.8 Å². The lowest BCUT2D eigenvalue weighted by Gasteiger charge is -2.35. The Morgan fingerprint density at radius 1 is 1.35 bits per heavy atom. The van der Waals surface area contributed by atoms with Gasteiger partial charge in [0.1, 0.15) is 0 Å². The lowest BCUT2D eigenvalue weighted by molar-refractivity contribution is 0.0266. The second-order valence-corrected chi connectivity index (χ2v) is 6.69. The molecule has 2 aliphatic heterocycles. The number of hydrogen-bond donors (Lipinski definition) is 0. The quantitative estimate of drug-likeness (QED) is 0.824. The monoisotopic (exact) mass is 320 g/mol. The first-order chi connectivity index (χ1) is 11.1. The van der Waals surface area contributed by atoms with Crippen molar-refractivity contribution in [1.82, 2.24) is 19.6 Å². The molecule has 0 aliphatic carbocycles. The zero-order valence-electron chi connectivity index (χ0n) is 14.3. The molecule has 3 rings (SSSR count). The molecule has 6 heteroatoms. The van der Waals surface area contributed by atoms with Gasteiger partial charge in [-0.15, -0.1) is 0 Å². The van der Waals surface area contributed by atoms with Gasteiger partial charge in [-0.2, -0.15) is 5.10 Å².